The highest BCUT2D eigenvalue weighted by atomic mass is 16.3. The van der Waals surface area contributed by atoms with Crippen molar-refractivity contribution >= 4 is 5.78 Å². The van der Waals surface area contributed by atoms with Crippen LogP contribution in [0, 0.1) is 34.5 Å². The van der Waals surface area contributed by atoms with Crippen LogP contribution in [0.4, 0.5) is 0 Å². The summed E-state index contributed by atoms with van der Waals surface area (Å²) in [5.74, 6) is 2.19. The Hall–Kier alpha value is -1.15. The Balaban J connectivity index is 1.84. The number of ketones is 1. The van der Waals surface area contributed by atoms with Gasteiger partial charge in [-0.05, 0) is 85.0 Å². The molecule has 4 aliphatic rings. The van der Waals surface area contributed by atoms with Gasteiger partial charge in [0.2, 0.25) is 0 Å². The molecule has 0 aromatic heterocycles. The minimum atomic E-state index is -0.154. The van der Waals surface area contributed by atoms with Crippen molar-refractivity contribution in [1.82, 2.24) is 0 Å². The molecule has 0 saturated heterocycles. The third-order valence-corrected chi connectivity index (χ3v) is 8.52. The van der Waals surface area contributed by atoms with Crippen molar-refractivity contribution < 1.29 is 9.90 Å². The average molecular weight is 326 g/mol. The van der Waals surface area contributed by atoms with Crippen LogP contribution in [0.5, 0.6) is 0 Å². The fraction of sp³-hybridized carbons (Fsp3) is 0.682. The van der Waals surface area contributed by atoms with Crippen LogP contribution in [-0.2, 0) is 4.79 Å². The molecular weight excluding hydrogens is 296 g/mol. The zero-order valence-electron chi connectivity index (χ0n) is 15.4. The molecule has 0 bridgehead atoms. The molecule has 0 spiro atoms. The number of rotatable bonds is 0. The highest BCUT2D eigenvalue weighted by molar-refractivity contribution is 6.02. The highest BCUT2D eigenvalue weighted by Gasteiger charge is 2.61. The molecule has 4 aliphatic carbocycles. The quantitative estimate of drug-likeness (QED) is 0.714. The second kappa shape index (κ2) is 4.94. The largest absolute Gasteiger partial charge is 0.393 e. The molecule has 0 heterocycles. The predicted octanol–water partition coefficient (Wildman–Crippen LogP) is 4.46. The minimum absolute atomic E-state index is 0.0585. The summed E-state index contributed by atoms with van der Waals surface area (Å²) in [5, 5.41) is 10.6. The summed E-state index contributed by atoms with van der Waals surface area (Å²) in [6, 6.07) is 0. The average Bonchev–Trinajstić information content (AvgIpc) is 2.83. The van der Waals surface area contributed by atoms with Crippen molar-refractivity contribution in [1.29, 1.82) is 0 Å². The first-order valence-corrected chi connectivity index (χ1v) is 9.53. The normalized spacial score (nSPS) is 50.6. The molecule has 24 heavy (non-hydrogen) atoms. The molecule has 0 amide bonds. The van der Waals surface area contributed by atoms with Gasteiger partial charge in [0.15, 0.2) is 5.78 Å². The monoisotopic (exact) mass is 326 g/mol. The zero-order valence-corrected chi connectivity index (χ0v) is 15.4. The van der Waals surface area contributed by atoms with E-state index >= 15 is 0 Å². The maximum atomic E-state index is 12.1. The molecule has 130 valence electrons. The van der Waals surface area contributed by atoms with Crippen molar-refractivity contribution in [3.05, 3.63) is 35.5 Å². The molecule has 0 aromatic rings. The molecule has 0 aliphatic heterocycles. The van der Waals surface area contributed by atoms with Gasteiger partial charge >= 0.3 is 0 Å². The summed E-state index contributed by atoms with van der Waals surface area (Å²) in [5.41, 5.74) is 3.55. The third kappa shape index (κ3) is 1.78. The highest BCUT2D eigenvalue weighted by Crippen LogP contribution is 2.67. The number of carbonyl (C=O) groups is 1. The van der Waals surface area contributed by atoms with E-state index in [-0.39, 0.29) is 22.7 Å². The van der Waals surface area contributed by atoms with Crippen LogP contribution in [0.1, 0.15) is 53.4 Å². The number of aliphatic hydroxyl groups is 1. The van der Waals surface area contributed by atoms with Gasteiger partial charge in [-0.1, -0.05) is 32.9 Å². The third-order valence-electron chi connectivity index (χ3n) is 8.52. The number of hydrogen-bond acceptors (Lipinski definition) is 2. The molecule has 3 fully saturated rings. The van der Waals surface area contributed by atoms with E-state index in [2.05, 4.69) is 34.3 Å². The fourth-order valence-electron chi connectivity index (χ4n) is 6.84. The summed E-state index contributed by atoms with van der Waals surface area (Å²) in [6.07, 6.45) is 7.84. The number of hydrogen-bond donors (Lipinski definition) is 1. The van der Waals surface area contributed by atoms with Crippen molar-refractivity contribution in [3.8, 4) is 0 Å². The van der Waals surface area contributed by atoms with Gasteiger partial charge in [-0.2, -0.15) is 0 Å². The van der Waals surface area contributed by atoms with Crippen LogP contribution < -0.4 is 0 Å². The van der Waals surface area contributed by atoms with Crippen LogP contribution in [-0.4, -0.2) is 17.0 Å². The molecule has 2 heteroatoms. The molecule has 1 unspecified atom stereocenters. The van der Waals surface area contributed by atoms with Crippen LogP contribution in [0.2, 0.25) is 0 Å². The number of carbonyl (C=O) groups excluding carboxylic acids is 1. The van der Waals surface area contributed by atoms with E-state index in [0.717, 1.165) is 31.3 Å². The Morgan fingerprint density at radius 1 is 1.17 bits per heavy atom. The lowest BCUT2D eigenvalue weighted by Gasteiger charge is -2.60. The molecule has 0 aromatic carbocycles. The Bertz CT molecular complexity index is 684. The molecule has 1 N–H and O–H groups in total. The smallest absolute Gasteiger partial charge is 0.178 e. The molecule has 0 radical (unpaired) electrons. The van der Waals surface area contributed by atoms with Crippen molar-refractivity contribution in [2.45, 2.75) is 59.5 Å². The predicted molar refractivity (Wildman–Crippen MR) is 96.3 cm³/mol. The lowest BCUT2D eigenvalue weighted by molar-refractivity contribution is -0.111. The SMILES string of the molecule is C=C1C2=CC(=O)C=C(C)[C@]2(C)[C@H]2CC[C@]3(C)[C@@H](O)CC[C@H]3[C@@H]2C1C. The second-order valence-electron chi connectivity index (χ2n) is 9.23. The van der Waals surface area contributed by atoms with Crippen molar-refractivity contribution in [2.24, 2.45) is 34.5 Å². The first-order valence-electron chi connectivity index (χ1n) is 9.53. The molecule has 7 atom stereocenters. The van der Waals surface area contributed by atoms with Crippen LogP contribution in [0.25, 0.3) is 0 Å². The van der Waals surface area contributed by atoms with E-state index in [1.165, 1.54) is 11.1 Å². The van der Waals surface area contributed by atoms with Crippen LogP contribution in [0.15, 0.2) is 35.5 Å². The van der Waals surface area contributed by atoms with Gasteiger partial charge in [-0.3, -0.25) is 4.79 Å². The van der Waals surface area contributed by atoms with Gasteiger partial charge in [0.25, 0.3) is 0 Å². The van der Waals surface area contributed by atoms with E-state index in [0.29, 0.717) is 23.7 Å². The van der Waals surface area contributed by atoms with E-state index in [9.17, 15) is 9.90 Å². The summed E-state index contributed by atoms with van der Waals surface area (Å²) in [7, 11) is 0. The summed E-state index contributed by atoms with van der Waals surface area (Å²) < 4.78 is 0. The summed E-state index contributed by atoms with van der Waals surface area (Å²) in [6.45, 7) is 13.5. The molecule has 4 rings (SSSR count). The maximum absolute atomic E-state index is 12.1. The Labute approximate surface area is 145 Å². The van der Waals surface area contributed by atoms with E-state index < -0.39 is 0 Å². The minimum Gasteiger partial charge on any atom is -0.393 e. The van der Waals surface area contributed by atoms with Crippen molar-refractivity contribution in [2.75, 3.05) is 0 Å². The first kappa shape index (κ1) is 16.3. The Morgan fingerprint density at radius 2 is 1.88 bits per heavy atom. The number of allylic oxidation sites excluding steroid dienone is 5. The standard InChI is InChI=1S/C22H30O2/c1-12-10-15(23)11-18-13(2)14(3)20-16-6-7-19(24)21(16,4)9-8-17(20)22(12,18)5/h10-11,14,16-17,19-20,24H,2,6-9H2,1,3-5H3/t14?,16-,17-,19-,20-,21-,22+/m0/s1. The molecule has 3 saturated carbocycles. The zero-order chi connectivity index (χ0) is 17.4. The van der Waals surface area contributed by atoms with Gasteiger partial charge in [-0.25, -0.2) is 0 Å². The van der Waals surface area contributed by atoms with Gasteiger partial charge in [0.05, 0.1) is 6.10 Å². The van der Waals surface area contributed by atoms with Gasteiger partial charge in [0.1, 0.15) is 0 Å². The molecular formula is C22H30O2. The number of fused-ring (bicyclic) bond motifs is 5. The van der Waals surface area contributed by atoms with E-state index in [4.69, 9.17) is 0 Å². The summed E-state index contributed by atoms with van der Waals surface area (Å²) >= 11 is 0. The van der Waals surface area contributed by atoms with Crippen LogP contribution >= 0.6 is 0 Å². The Morgan fingerprint density at radius 3 is 2.58 bits per heavy atom. The van der Waals surface area contributed by atoms with Gasteiger partial charge in [-0.15, -0.1) is 0 Å². The maximum Gasteiger partial charge on any atom is 0.178 e. The topological polar surface area (TPSA) is 37.3 Å². The van der Waals surface area contributed by atoms with Crippen molar-refractivity contribution in [3.63, 3.8) is 0 Å². The number of aliphatic hydroxyl groups excluding tert-OH is 1. The fourth-order valence-corrected chi connectivity index (χ4v) is 6.84. The Kier molecular flexibility index (Phi) is 3.36. The summed E-state index contributed by atoms with van der Waals surface area (Å²) in [4.78, 5) is 12.1. The second-order valence-corrected chi connectivity index (χ2v) is 9.23. The van der Waals surface area contributed by atoms with Gasteiger partial charge < -0.3 is 5.11 Å². The molecule has 2 nitrogen and oxygen atoms in total. The lowest BCUT2D eigenvalue weighted by Crippen LogP contribution is -2.54. The van der Waals surface area contributed by atoms with E-state index in [1.807, 2.05) is 12.2 Å². The lowest BCUT2D eigenvalue weighted by atomic mass is 9.44. The van der Waals surface area contributed by atoms with Crippen LogP contribution in [0.3, 0.4) is 0 Å². The first-order chi connectivity index (χ1) is 11.2. The van der Waals surface area contributed by atoms with Gasteiger partial charge in [0, 0.05) is 5.41 Å². The van der Waals surface area contributed by atoms with E-state index in [1.54, 1.807) is 0 Å².